The summed E-state index contributed by atoms with van der Waals surface area (Å²) in [6.07, 6.45) is 9.15. The van der Waals surface area contributed by atoms with Gasteiger partial charge in [0.05, 0.1) is 11.9 Å². The molecule has 158 valence electrons. The van der Waals surface area contributed by atoms with Crippen LogP contribution in [0.4, 0.5) is 5.69 Å². The average Bonchev–Trinajstić information content (AvgIpc) is 3.19. The minimum Gasteiger partial charge on any atom is -0.368 e. The predicted octanol–water partition coefficient (Wildman–Crippen LogP) is 1.02. The van der Waals surface area contributed by atoms with E-state index in [1.807, 2.05) is 23.0 Å². The average molecular weight is 402 g/mol. The molecule has 4 aliphatic rings. The van der Waals surface area contributed by atoms with Crippen LogP contribution in [-0.2, 0) is 21.4 Å². The van der Waals surface area contributed by atoms with Crippen LogP contribution in [0.15, 0.2) is 12.4 Å². The second-order valence-corrected chi connectivity index (χ2v) is 9.08. The number of likely N-dealkylation sites (tertiary alicyclic amines) is 1. The van der Waals surface area contributed by atoms with E-state index in [4.69, 9.17) is 4.74 Å². The third-order valence-electron chi connectivity index (χ3n) is 7.13. The summed E-state index contributed by atoms with van der Waals surface area (Å²) in [6.45, 7) is 4.54. The van der Waals surface area contributed by atoms with Crippen molar-refractivity contribution in [2.24, 2.45) is 13.0 Å². The molecule has 1 aliphatic carbocycles. The highest BCUT2D eigenvalue weighted by Gasteiger charge is 2.52. The lowest BCUT2D eigenvalue weighted by atomic mass is 9.81. The van der Waals surface area contributed by atoms with E-state index in [9.17, 15) is 9.59 Å². The van der Waals surface area contributed by atoms with Gasteiger partial charge in [-0.3, -0.25) is 19.2 Å². The monoisotopic (exact) mass is 401 g/mol. The normalized spacial score (nSPS) is 27.8. The van der Waals surface area contributed by atoms with Crippen molar-refractivity contribution in [1.82, 2.24) is 19.6 Å². The molecule has 4 fully saturated rings. The van der Waals surface area contributed by atoms with Crippen LogP contribution in [0.1, 0.15) is 38.5 Å². The van der Waals surface area contributed by atoms with Crippen molar-refractivity contribution in [1.29, 1.82) is 0 Å². The van der Waals surface area contributed by atoms with Gasteiger partial charge in [0.25, 0.3) is 5.91 Å². The number of aromatic nitrogens is 2. The first-order chi connectivity index (χ1) is 14.1. The number of hydrogen-bond donors (Lipinski definition) is 0. The number of piperazine rings is 1. The van der Waals surface area contributed by atoms with E-state index in [0.717, 1.165) is 37.5 Å². The number of piperidine rings is 1. The van der Waals surface area contributed by atoms with E-state index in [1.54, 1.807) is 10.9 Å². The SMILES string of the molecule is Cn1cc(N2CCN(CC3CC3)C3(CCN(C(=O)[C@H]4CCCO4)CC3)C2=O)cn1. The van der Waals surface area contributed by atoms with Crippen molar-refractivity contribution in [3.8, 4) is 0 Å². The highest BCUT2D eigenvalue weighted by atomic mass is 16.5. The number of carbonyl (C=O) groups excluding carboxylic acids is 2. The molecule has 1 atom stereocenters. The number of aryl methyl sites for hydroxylation is 1. The first kappa shape index (κ1) is 19.1. The van der Waals surface area contributed by atoms with E-state index in [0.29, 0.717) is 39.1 Å². The molecule has 8 heteroatoms. The Morgan fingerprint density at radius 1 is 1.21 bits per heavy atom. The summed E-state index contributed by atoms with van der Waals surface area (Å²) in [6, 6.07) is 0. The summed E-state index contributed by atoms with van der Waals surface area (Å²) in [4.78, 5) is 32.8. The Bertz CT molecular complexity index is 775. The van der Waals surface area contributed by atoms with Gasteiger partial charge in [-0.2, -0.15) is 5.10 Å². The number of ether oxygens (including phenoxy) is 1. The zero-order chi connectivity index (χ0) is 20.0. The number of nitrogens with zero attached hydrogens (tertiary/aromatic N) is 5. The third kappa shape index (κ3) is 3.46. The molecule has 3 saturated heterocycles. The maximum absolute atomic E-state index is 13.8. The highest BCUT2D eigenvalue weighted by molar-refractivity contribution is 6.01. The standard InChI is InChI=1S/C21H31N5O3/c1-23-15-17(13-22-23)26-11-10-25(14-16-4-5-16)21(20(26)28)6-8-24(9-7-21)19(27)18-3-2-12-29-18/h13,15-16,18H,2-12,14H2,1H3/t18-/m1/s1. The lowest BCUT2D eigenvalue weighted by Crippen LogP contribution is -2.69. The Kier molecular flexibility index (Phi) is 4.86. The minimum absolute atomic E-state index is 0.110. The van der Waals surface area contributed by atoms with Crippen LogP contribution in [-0.4, -0.2) is 82.4 Å². The van der Waals surface area contributed by atoms with Crippen LogP contribution in [0, 0.1) is 5.92 Å². The molecule has 5 rings (SSSR count). The minimum atomic E-state index is -0.496. The van der Waals surface area contributed by atoms with Gasteiger partial charge in [-0.05, 0) is 44.4 Å². The first-order valence-electron chi connectivity index (χ1n) is 11.0. The summed E-state index contributed by atoms with van der Waals surface area (Å²) in [5, 5.41) is 4.26. The van der Waals surface area contributed by atoms with Crippen molar-refractivity contribution in [3.63, 3.8) is 0 Å². The van der Waals surface area contributed by atoms with E-state index in [1.165, 1.54) is 12.8 Å². The van der Waals surface area contributed by atoms with Crippen molar-refractivity contribution in [2.75, 3.05) is 44.2 Å². The number of carbonyl (C=O) groups is 2. The first-order valence-corrected chi connectivity index (χ1v) is 11.0. The molecule has 0 bridgehead atoms. The Hall–Kier alpha value is -1.93. The molecule has 1 aromatic heterocycles. The number of anilines is 1. The second-order valence-electron chi connectivity index (χ2n) is 9.08. The Morgan fingerprint density at radius 3 is 2.62 bits per heavy atom. The molecule has 29 heavy (non-hydrogen) atoms. The van der Waals surface area contributed by atoms with Crippen LogP contribution >= 0.6 is 0 Å². The molecule has 0 unspecified atom stereocenters. The highest BCUT2D eigenvalue weighted by Crippen LogP contribution is 2.39. The van der Waals surface area contributed by atoms with Gasteiger partial charge >= 0.3 is 0 Å². The van der Waals surface area contributed by atoms with Crippen LogP contribution in [0.25, 0.3) is 0 Å². The van der Waals surface area contributed by atoms with E-state index >= 15 is 0 Å². The maximum Gasteiger partial charge on any atom is 0.251 e. The quantitative estimate of drug-likeness (QED) is 0.753. The van der Waals surface area contributed by atoms with Gasteiger partial charge in [-0.1, -0.05) is 0 Å². The number of rotatable bonds is 4. The van der Waals surface area contributed by atoms with Gasteiger partial charge in [-0.15, -0.1) is 0 Å². The smallest absolute Gasteiger partial charge is 0.251 e. The van der Waals surface area contributed by atoms with Gasteiger partial charge in [0.15, 0.2) is 0 Å². The van der Waals surface area contributed by atoms with Crippen LogP contribution in [0.5, 0.6) is 0 Å². The lowest BCUT2D eigenvalue weighted by molar-refractivity contribution is -0.149. The summed E-state index contributed by atoms with van der Waals surface area (Å²) in [5.74, 6) is 1.02. The van der Waals surface area contributed by atoms with E-state index in [-0.39, 0.29) is 17.9 Å². The summed E-state index contributed by atoms with van der Waals surface area (Å²) < 4.78 is 7.34. The molecular weight excluding hydrogens is 370 g/mol. The lowest BCUT2D eigenvalue weighted by Gasteiger charge is -2.53. The van der Waals surface area contributed by atoms with Crippen LogP contribution < -0.4 is 4.90 Å². The van der Waals surface area contributed by atoms with Gasteiger partial charge in [0.2, 0.25) is 5.91 Å². The fourth-order valence-corrected chi connectivity index (χ4v) is 5.20. The Morgan fingerprint density at radius 2 is 2.00 bits per heavy atom. The molecule has 3 aliphatic heterocycles. The molecular formula is C21H31N5O3. The van der Waals surface area contributed by atoms with Crippen molar-refractivity contribution in [3.05, 3.63) is 12.4 Å². The topological polar surface area (TPSA) is 70.9 Å². The second kappa shape index (κ2) is 7.40. The van der Waals surface area contributed by atoms with Crippen LogP contribution in [0.2, 0.25) is 0 Å². The molecule has 8 nitrogen and oxygen atoms in total. The van der Waals surface area contributed by atoms with Crippen molar-refractivity contribution >= 4 is 17.5 Å². The number of amides is 2. The molecule has 0 aromatic carbocycles. The van der Waals surface area contributed by atoms with Gasteiger partial charge in [-0.25, -0.2) is 0 Å². The summed E-state index contributed by atoms with van der Waals surface area (Å²) >= 11 is 0. The summed E-state index contributed by atoms with van der Waals surface area (Å²) in [7, 11) is 1.88. The van der Waals surface area contributed by atoms with E-state index in [2.05, 4.69) is 10.00 Å². The molecule has 4 heterocycles. The van der Waals surface area contributed by atoms with Crippen molar-refractivity contribution in [2.45, 2.75) is 50.2 Å². The molecule has 0 N–H and O–H groups in total. The zero-order valence-corrected chi connectivity index (χ0v) is 17.3. The predicted molar refractivity (Wildman–Crippen MR) is 107 cm³/mol. The number of hydrogen-bond acceptors (Lipinski definition) is 5. The zero-order valence-electron chi connectivity index (χ0n) is 17.3. The molecule has 1 saturated carbocycles. The van der Waals surface area contributed by atoms with Gasteiger partial charge < -0.3 is 14.5 Å². The van der Waals surface area contributed by atoms with Crippen molar-refractivity contribution < 1.29 is 14.3 Å². The Balaban J connectivity index is 1.35. The Labute approximate surface area is 171 Å². The molecule has 0 radical (unpaired) electrons. The third-order valence-corrected chi connectivity index (χ3v) is 7.13. The maximum atomic E-state index is 13.8. The molecule has 1 spiro atoms. The van der Waals surface area contributed by atoms with Gasteiger partial charge in [0.1, 0.15) is 11.6 Å². The largest absolute Gasteiger partial charge is 0.368 e. The van der Waals surface area contributed by atoms with Gasteiger partial charge in [0, 0.05) is 52.6 Å². The molecule has 2 amide bonds. The molecule has 1 aromatic rings. The van der Waals surface area contributed by atoms with E-state index < -0.39 is 5.54 Å². The van der Waals surface area contributed by atoms with Crippen LogP contribution in [0.3, 0.4) is 0 Å². The fourth-order valence-electron chi connectivity index (χ4n) is 5.20. The summed E-state index contributed by atoms with van der Waals surface area (Å²) in [5.41, 5.74) is 0.380. The fraction of sp³-hybridized carbons (Fsp3) is 0.762.